The van der Waals surface area contributed by atoms with E-state index in [1.54, 1.807) is 67.6 Å². The molecule has 0 heterocycles. The second-order valence-corrected chi connectivity index (χ2v) is 5.05. The van der Waals surface area contributed by atoms with Gasteiger partial charge in [-0.05, 0) is 6.92 Å². The monoisotopic (exact) mass is 282 g/mol. The highest BCUT2D eigenvalue weighted by Gasteiger charge is 2.45. The SMILES string of the molecule is CC(N)C(N)(C(=O)c1ccccc1)C(=O)c1ccccc1. The lowest BCUT2D eigenvalue weighted by Gasteiger charge is -2.30. The van der Waals surface area contributed by atoms with Gasteiger partial charge in [-0.25, -0.2) is 0 Å². The summed E-state index contributed by atoms with van der Waals surface area (Å²) in [5.74, 6) is -0.932. The van der Waals surface area contributed by atoms with Gasteiger partial charge in [0.25, 0.3) is 0 Å². The number of nitrogens with two attached hydrogens (primary N) is 2. The number of carbonyl (C=O) groups is 2. The van der Waals surface area contributed by atoms with E-state index in [0.29, 0.717) is 11.1 Å². The highest BCUT2D eigenvalue weighted by molar-refractivity contribution is 6.24. The molecular formula is C17H18N2O2. The summed E-state index contributed by atoms with van der Waals surface area (Å²) in [5.41, 5.74) is 11.0. The molecule has 0 aliphatic heterocycles. The van der Waals surface area contributed by atoms with Crippen LogP contribution in [0.2, 0.25) is 0 Å². The molecule has 0 radical (unpaired) electrons. The van der Waals surface area contributed by atoms with Gasteiger partial charge in [-0.1, -0.05) is 60.7 Å². The number of ketones is 2. The molecular weight excluding hydrogens is 264 g/mol. The molecule has 2 rings (SSSR count). The van der Waals surface area contributed by atoms with E-state index in [9.17, 15) is 9.59 Å². The third-order valence-corrected chi connectivity index (χ3v) is 3.54. The van der Waals surface area contributed by atoms with Gasteiger partial charge >= 0.3 is 0 Å². The number of benzene rings is 2. The molecule has 108 valence electrons. The summed E-state index contributed by atoms with van der Waals surface area (Å²) < 4.78 is 0. The molecule has 0 spiro atoms. The van der Waals surface area contributed by atoms with E-state index in [0.717, 1.165) is 0 Å². The zero-order valence-electron chi connectivity index (χ0n) is 11.8. The Morgan fingerprint density at radius 2 is 1.19 bits per heavy atom. The quantitative estimate of drug-likeness (QED) is 0.646. The van der Waals surface area contributed by atoms with Gasteiger partial charge < -0.3 is 11.5 Å². The largest absolute Gasteiger partial charge is 0.326 e. The molecule has 0 aromatic heterocycles. The molecule has 0 aliphatic carbocycles. The Hall–Kier alpha value is -2.30. The number of hydrogen-bond donors (Lipinski definition) is 2. The molecule has 2 aromatic carbocycles. The van der Waals surface area contributed by atoms with Crippen molar-refractivity contribution in [2.24, 2.45) is 11.5 Å². The first-order valence-corrected chi connectivity index (χ1v) is 6.72. The van der Waals surface area contributed by atoms with E-state index in [1.165, 1.54) is 0 Å². The molecule has 21 heavy (non-hydrogen) atoms. The second kappa shape index (κ2) is 5.99. The summed E-state index contributed by atoms with van der Waals surface area (Å²) in [5, 5.41) is 0. The summed E-state index contributed by atoms with van der Waals surface area (Å²) in [6, 6.07) is 16.2. The summed E-state index contributed by atoms with van der Waals surface area (Å²) >= 11 is 0. The minimum absolute atomic E-state index is 0.376. The first kappa shape index (κ1) is 15.1. The number of Topliss-reactive ketones (excluding diaryl/α,β-unsaturated/α-hetero) is 2. The van der Waals surface area contributed by atoms with E-state index in [-0.39, 0.29) is 0 Å². The fraction of sp³-hybridized carbons (Fsp3) is 0.176. The van der Waals surface area contributed by atoms with Crippen molar-refractivity contribution in [2.75, 3.05) is 0 Å². The highest BCUT2D eigenvalue weighted by Crippen LogP contribution is 2.20. The van der Waals surface area contributed by atoms with E-state index in [4.69, 9.17) is 11.5 Å². The highest BCUT2D eigenvalue weighted by atomic mass is 16.2. The Bertz CT molecular complexity index is 585. The maximum absolute atomic E-state index is 12.7. The van der Waals surface area contributed by atoms with Crippen LogP contribution in [0.4, 0.5) is 0 Å². The van der Waals surface area contributed by atoms with E-state index in [1.807, 2.05) is 0 Å². The summed E-state index contributed by atoms with van der Waals surface area (Å²) in [4.78, 5) is 25.4. The third-order valence-electron chi connectivity index (χ3n) is 3.54. The molecule has 1 unspecified atom stereocenters. The average Bonchev–Trinajstić information content (AvgIpc) is 2.54. The van der Waals surface area contributed by atoms with Crippen molar-refractivity contribution in [1.29, 1.82) is 0 Å². The topological polar surface area (TPSA) is 86.2 Å². The van der Waals surface area contributed by atoms with E-state index in [2.05, 4.69) is 0 Å². The maximum atomic E-state index is 12.7. The minimum atomic E-state index is -1.78. The zero-order valence-corrected chi connectivity index (χ0v) is 11.8. The van der Waals surface area contributed by atoms with Crippen molar-refractivity contribution in [3.63, 3.8) is 0 Å². The Morgan fingerprint density at radius 3 is 1.48 bits per heavy atom. The standard InChI is InChI=1S/C17H18N2O2/c1-12(18)17(19,15(20)13-8-4-2-5-9-13)16(21)14-10-6-3-7-11-14/h2-12H,18-19H2,1H3. The van der Waals surface area contributed by atoms with Crippen LogP contribution in [0.5, 0.6) is 0 Å². The molecule has 0 aliphatic rings. The predicted octanol–water partition coefficient (Wildman–Crippen LogP) is 1.80. The van der Waals surface area contributed by atoms with Gasteiger partial charge in [0.15, 0.2) is 17.1 Å². The number of hydrogen-bond acceptors (Lipinski definition) is 4. The van der Waals surface area contributed by atoms with Crippen LogP contribution in [0.15, 0.2) is 60.7 Å². The van der Waals surface area contributed by atoms with Crippen LogP contribution in [0.1, 0.15) is 27.6 Å². The first-order valence-electron chi connectivity index (χ1n) is 6.72. The fourth-order valence-corrected chi connectivity index (χ4v) is 2.17. The van der Waals surface area contributed by atoms with Crippen LogP contribution in [0.3, 0.4) is 0 Å². The normalized spacial score (nSPS) is 12.7. The van der Waals surface area contributed by atoms with Gasteiger partial charge in [-0.2, -0.15) is 0 Å². The van der Waals surface area contributed by atoms with Crippen LogP contribution in [-0.4, -0.2) is 23.1 Å². The Morgan fingerprint density at radius 1 is 0.857 bits per heavy atom. The maximum Gasteiger partial charge on any atom is 0.192 e. The van der Waals surface area contributed by atoms with Gasteiger partial charge in [0.1, 0.15) is 0 Å². The van der Waals surface area contributed by atoms with Crippen LogP contribution >= 0.6 is 0 Å². The summed E-state index contributed by atoms with van der Waals surface area (Å²) in [6.45, 7) is 1.57. The molecule has 0 saturated carbocycles. The van der Waals surface area contributed by atoms with Crippen molar-refractivity contribution in [3.05, 3.63) is 71.8 Å². The van der Waals surface area contributed by atoms with Gasteiger partial charge in [-0.3, -0.25) is 9.59 Å². The van der Waals surface area contributed by atoms with Gasteiger partial charge in [-0.15, -0.1) is 0 Å². The fourth-order valence-electron chi connectivity index (χ4n) is 2.17. The average molecular weight is 282 g/mol. The molecule has 0 fully saturated rings. The van der Waals surface area contributed by atoms with E-state index < -0.39 is 23.1 Å². The smallest absolute Gasteiger partial charge is 0.192 e. The number of carbonyl (C=O) groups excluding carboxylic acids is 2. The predicted molar refractivity (Wildman–Crippen MR) is 82.1 cm³/mol. The Kier molecular flexibility index (Phi) is 4.31. The lowest BCUT2D eigenvalue weighted by Crippen LogP contribution is -2.65. The van der Waals surface area contributed by atoms with Crippen LogP contribution in [0, 0.1) is 0 Å². The lowest BCUT2D eigenvalue weighted by atomic mass is 9.78. The third kappa shape index (κ3) is 2.77. The van der Waals surface area contributed by atoms with Crippen molar-refractivity contribution in [3.8, 4) is 0 Å². The minimum Gasteiger partial charge on any atom is -0.326 e. The molecule has 4 N–H and O–H groups in total. The molecule has 0 bridgehead atoms. The molecule has 2 aromatic rings. The van der Waals surface area contributed by atoms with Crippen molar-refractivity contribution in [2.45, 2.75) is 18.5 Å². The zero-order chi connectivity index (χ0) is 15.5. The van der Waals surface area contributed by atoms with Gasteiger partial charge in [0, 0.05) is 17.2 Å². The first-order chi connectivity index (χ1) is 9.98. The van der Waals surface area contributed by atoms with Gasteiger partial charge in [0.2, 0.25) is 0 Å². The van der Waals surface area contributed by atoms with Crippen molar-refractivity contribution >= 4 is 11.6 Å². The number of rotatable bonds is 5. The van der Waals surface area contributed by atoms with Crippen LogP contribution in [0.25, 0.3) is 0 Å². The molecule has 0 amide bonds. The van der Waals surface area contributed by atoms with Gasteiger partial charge in [0.05, 0.1) is 0 Å². The summed E-state index contributed by atoms with van der Waals surface area (Å²) in [6.07, 6.45) is 0. The Labute approximate surface area is 123 Å². The molecule has 1 atom stereocenters. The van der Waals surface area contributed by atoms with E-state index >= 15 is 0 Å². The van der Waals surface area contributed by atoms with Crippen LogP contribution < -0.4 is 11.5 Å². The molecule has 0 saturated heterocycles. The second-order valence-electron chi connectivity index (χ2n) is 5.05. The molecule has 4 nitrogen and oxygen atoms in total. The lowest BCUT2D eigenvalue weighted by molar-refractivity contribution is 0.0746. The van der Waals surface area contributed by atoms with Crippen LogP contribution in [-0.2, 0) is 0 Å². The molecule has 4 heteroatoms. The summed E-state index contributed by atoms with van der Waals surface area (Å²) in [7, 11) is 0. The van der Waals surface area contributed by atoms with Crippen molar-refractivity contribution < 1.29 is 9.59 Å². The van der Waals surface area contributed by atoms with Crippen molar-refractivity contribution in [1.82, 2.24) is 0 Å². The Balaban J connectivity index is 2.47.